The first-order valence-electron chi connectivity index (χ1n) is 10.6. The average Bonchev–Trinajstić information content (AvgIpc) is 2.78. The Morgan fingerprint density at radius 2 is 1.81 bits per heavy atom. The van der Waals surface area contributed by atoms with Gasteiger partial charge in [0, 0.05) is 25.3 Å². The molecule has 2 aromatic carbocycles. The normalized spacial score (nSPS) is 16.4. The zero-order valence-corrected chi connectivity index (χ0v) is 19.2. The molecule has 1 aliphatic rings. The monoisotopic (exact) mass is 458 g/mol. The molecule has 9 heteroatoms. The molecule has 3 rings (SSSR count). The van der Waals surface area contributed by atoms with Gasteiger partial charge in [0.25, 0.3) is 0 Å². The van der Waals surface area contributed by atoms with E-state index in [0.29, 0.717) is 25.2 Å². The van der Waals surface area contributed by atoms with Crippen molar-refractivity contribution in [2.24, 2.45) is 5.92 Å². The summed E-state index contributed by atoms with van der Waals surface area (Å²) < 4.78 is 25.6. The van der Waals surface area contributed by atoms with E-state index < -0.39 is 10.0 Å². The van der Waals surface area contributed by atoms with E-state index in [2.05, 4.69) is 15.4 Å². The largest absolute Gasteiger partial charge is 0.352 e. The van der Waals surface area contributed by atoms with Gasteiger partial charge >= 0.3 is 6.03 Å². The number of hydrogen-bond acceptors (Lipinski definition) is 4. The number of piperidine rings is 1. The van der Waals surface area contributed by atoms with Crippen LogP contribution in [0, 0.1) is 12.8 Å². The number of benzene rings is 2. The van der Waals surface area contributed by atoms with Crippen LogP contribution in [0.4, 0.5) is 10.5 Å². The first-order chi connectivity index (χ1) is 15.3. The van der Waals surface area contributed by atoms with Crippen LogP contribution < -0.4 is 15.4 Å². The molecule has 3 N–H and O–H groups in total. The molecule has 1 heterocycles. The third kappa shape index (κ3) is 6.80. The first-order valence-corrected chi connectivity index (χ1v) is 12.3. The Kier molecular flexibility index (Phi) is 7.87. The van der Waals surface area contributed by atoms with Gasteiger partial charge in [0.2, 0.25) is 15.9 Å². The molecular formula is C23H30N4O4S. The molecule has 1 fully saturated rings. The maximum Gasteiger partial charge on any atom is 0.321 e. The number of anilines is 1. The standard InChI is InChI=1S/C23H30N4O4S/c1-17-5-3-7-21(13-17)26-23(29)27-12-4-6-20(15-27)22(28)25-14-18-8-10-19(11-9-18)16-32(30,31)24-2/h3,5,7-11,13,20,24H,4,6,12,14-16H2,1-2H3,(H,25,28)(H,26,29). The molecule has 1 atom stereocenters. The smallest absolute Gasteiger partial charge is 0.321 e. The van der Waals surface area contributed by atoms with Gasteiger partial charge in [-0.25, -0.2) is 17.9 Å². The summed E-state index contributed by atoms with van der Waals surface area (Å²) in [7, 11) is -1.93. The summed E-state index contributed by atoms with van der Waals surface area (Å²) in [6, 6.07) is 14.5. The molecule has 0 aromatic heterocycles. The van der Waals surface area contributed by atoms with E-state index in [0.717, 1.165) is 29.7 Å². The molecule has 1 unspecified atom stereocenters. The molecule has 8 nitrogen and oxygen atoms in total. The van der Waals surface area contributed by atoms with E-state index in [-0.39, 0.29) is 23.6 Å². The van der Waals surface area contributed by atoms with Gasteiger partial charge in [0.15, 0.2) is 0 Å². The fourth-order valence-electron chi connectivity index (χ4n) is 3.68. The second-order valence-electron chi connectivity index (χ2n) is 8.08. The Morgan fingerprint density at radius 1 is 1.09 bits per heavy atom. The Hall–Kier alpha value is -2.91. The lowest BCUT2D eigenvalue weighted by Crippen LogP contribution is -2.46. The van der Waals surface area contributed by atoms with Crippen molar-refractivity contribution in [2.75, 3.05) is 25.5 Å². The summed E-state index contributed by atoms with van der Waals surface area (Å²) >= 11 is 0. The van der Waals surface area contributed by atoms with Crippen molar-refractivity contribution in [3.05, 3.63) is 65.2 Å². The maximum atomic E-state index is 12.7. The molecule has 2 aromatic rings. The molecule has 0 aliphatic carbocycles. The van der Waals surface area contributed by atoms with E-state index >= 15 is 0 Å². The average molecular weight is 459 g/mol. The zero-order valence-electron chi connectivity index (χ0n) is 18.4. The van der Waals surface area contributed by atoms with Crippen molar-refractivity contribution >= 4 is 27.6 Å². The Labute approximate surface area is 189 Å². The number of hydrogen-bond donors (Lipinski definition) is 3. The summed E-state index contributed by atoms with van der Waals surface area (Å²) in [6.07, 6.45) is 1.51. The predicted molar refractivity (Wildman–Crippen MR) is 124 cm³/mol. The number of carbonyl (C=O) groups is 2. The number of rotatable bonds is 7. The lowest BCUT2D eigenvalue weighted by molar-refractivity contribution is -0.126. The number of sulfonamides is 1. The molecule has 0 spiro atoms. The maximum absolute atomic E-state index is 12.7. The highest BCUT2D eigenvalue weighted by molar-refractivity contribution is 7.88. The Bertz CT molecular complexity index is 1050. The fourth-order valence-corrected chi connectivity index (χ4v) is 4.46. The molecule has 0 radical (unpaired) electrons. The highest BCUT2D eigenvalue weighted by Gasteiger charge is 2.28. The van der Waals surface area contributed by atoms with Gasteiger partial charge < -0.3 is 15.5 Å². The minimum Gasteiger partial charge on any atom is -0.352 e. The van der Waals surface area contributed by atoms with Gasteiger partial charge in [-0.2, -0.15) is 0 Å². The minimum atomic E-state index is -3.32. The van der Waals surface area contributed by atoms with Gasteiger partial charge in [-0.15, -0.1) is 0 Å². The Balaban J connectivity index is 1.50. The van der Waals surface area contributed by atoms with Crippen molar-refractivity contribution < 1.29 is 18.0 Å². The number of nitrogens with zero attached hydrogens (tertiary/aromatic N) is 1. The molecule has 0 saturated carbocycles. The van der Waals surface area contributed by atoms with Gasteiger partial charge in [-0.3, -0.25) is 4.79 Å². The van der Waals surface area contributed by atoms with Gasteiger partial charge in [-0.05, 0) is 55.6 Å². The van der Waals surface area contributed by atoms with Crippen molar-refractivity contribution in [3.63, 3.8) is 0 Å². The molecule has 1 aliphatic heterocycles. The van der Waals surface area contributed by atoms with Crippen LogP contribution in [0.3, 0.4) is 0 Å². The van der Waals surface area contributed by atoms with Gasteiger partial charge in [0.05, 0.1) is 11.7 Å². The predicted octanol–water partition coefficient (Wildman–Crippen LogP) is 2.60. The van der Waals surface area contributed by atoms with Crippen molar-refractivity contribution in [3.8, 4) is 0 Å². The highest BCUT2D eigenvalue weighted by Crippen LogP contribution is 2.19. The van der Waals surface area contributed by atoms with Gasteiger partial charge in [-0.1, -0.05) is 36.4 Å². The van der Waals surface area contributed by atoms with Crippen LogP contribution in [0.15, 0.2) is 48.5 Å². The molecule has 1 saturated heterocycles. The highest BCUT2D eigenvalue weighted by atomic mass is 32.2. The lowest BCUT2D eigenvalue weighted by Gasteiger charge is -2.32. The number of aryl methyl sites for hydroxylation is 1. The van der Waals surface area contributed by atoms with Crippen LogP contribution >= 0.6 is 0 Å². The van der Waals surface area contributed by atoms with Gasteiger partial charge in [0.1, 0.15) is 0 Å². The van der Waals surface area contributed by atoms with Crippen LogP contribution in [0.2, 0.25) is 0 Å². The number of nitrogens with one attached hydrogen (secondary N) is 3. The minimum absolute atomic E-state index is 0.0834. The first kappa shape index (κ1) is 23.7. The molecular weight excluding hydrogens is 428 g/mol. The third-order valence-corrected chi connectivity index (χ3v) is 6.84. The second kappa shape index (κ2) is 10.6. The summed E-state index contributed by atoms with van der Waals surface area (Å²) in [5, 5.41) is 5.84. The summed E-state index contributed by atoms with van der Waals surface area (Å²) in [6.45, 7) is 3.32. The van der Waals surface area contributed by atoms with Crippen LogP contribution in [0.1, 0.15) is 29.5 Å². The quantitative estimate of drug-likeness (QED) is 0.593. The SMILES string of the molecule is CNS(=O)(=O)Cc1ccc(CNC(=O)C2CCCN(C(=O)Nc3cccc(C)c3)C2)cc1. The number of amides is 3. The number of carbonyl (C=O) groups excluding carboxylic acids is 2. The zero-order chi connectivity index (χ0) is 23.1. The van der Waals surface area contributed by atoms with Crippen molar-refractivity contribution in [2.45, 2.75) is 32.1 Å². The molecule has 32 heavy (non-hydrogen) atoms. The van der Waals surface area contributed by atoms with Crippen LogP contribution in [0.5, 0.6) is 0 Å². The van der Waals surface area contributed by atoms with E-state index in [4.69, 9.17) is 0 Å². The third-order valence-electron chi connectivity index (χ3n) is 5.51. The van der Waals surface area contributed by atoms with E-state index in [1.165, 1.54) is 7.05 Å². The summed E-state index contributed by atoms with van der Waals surface area (Å²) in [4.78, 5) is 27.0. The van der Waals surface area contributed by atoms with E-state index in [9.17, 15) is 18.0 Å². The summed E-state index contributed by atoms with van der Waals surface area (Å²) in [5.74, 6) is -0.425. The van der Waals surface area contributed by atoms with Crippen LogP contribution in [0.25, 0.3) is 0 Å². The summed E-state index contributed by atoms with van der Waals surface area (Å²) in [5.41, 5.74) is 3.37. The molecule has 3 amide bonds. The topological polar surface area (TPSA) is 108 Å². The van der Waals surface area contributed by atoms with Crippen molar-refractivity contribution in [1.29, 1.82) is 0 Å². The lowest BCUT2D eigenvalue weighted by atomic mass is 9.97. The number of likely N-dealkylation sites (tertiary alicyclic amines) is 1. The Morgan fingerprint density at radius 3 is 2.50 bits per heavy atom. The van der Waals surface area contributed by atoms with Crippen LogP contribution in [-0.4, -0.2) is 45.4 Å². The second-order valence-corrected chi connectivity index (χ2v) is 10.0. The molecule has 172 valence electrons. The number of urea groups is 1. The van der Waals surface area contributed by atoms with E-state index in [1.54, 1.807) is 17.0 Å². The van der Waals surface area contributed by atoms with Crippen LogP contribution in [-0.2, 0) is 27.1 Å². The van der Waals surface area contributed by atoms with Crippen molar-refractivity contribution in [1.82, 2.24) is 14.9 Å². The van der Waals surface area contributed by atoms with E-state index in [1.807, 2.05) is 43.3 Å². The molecule has 0 bridgehead atoms. The fraction of sp³-hybridized carbons (Fsp3) is 0.391.